The van der Waals surface area contributed by atoms with Gasteiger partial charge < -0.3 is 5.32 Å². The van der Waals surface area contributed by atoms with Gasteiger partial charge in [0.15, 0.2) is 5.16 Å². The molecule has 3 rings (SSSR count). The Kier molecular flexibility index (Phi) is 7.93. The SMILES string of the molecule is CCN(CC)S(=O)(=O)c1cc(NC(=O)CSc2nnc(C)n2-c2ccccc2C)ccc1C. The van der Waals surface area contributed by atoms with E-state index in [0.717, 1.165) is 17.1 Å². The van der Waals surface area contributed by atoms with Crippen molar-refractivity contribution in [3.05, 3.63) is 59.4 Å². The predicted octanol–water partition coefficient (Wildman–Crippen LogP) is 3.95. The van der Waals surface area contributed by atoms with E-state index in [1.54, 1.807) is 32.9 Å². The van der Waals surface area contributed by atoms with Crippen molar-refractivity contribution in [1.29, 1.82) is 0 Å². The van der Waals surface area contributed by atoms with Gasteiger partial charge in [-0.3, -0.25) is 9.36 Å². The number of aryl methyl sites for hydroxylation is 3. The standard InChI is InChI=1S/C23H29N5O3S2/c1-6-27(7-2)33(30,31)21-14-19(13-12-17(21)4)24-22(29)15-32-23-26-25-18(5)28(23)20-11-9-8-10-16(20)3/h8-14H,6-7,15H2,1-5H3,(H,24,29). The minimum Gasteiger partial charge on any atom is -0.325 e. The molecule has 2 aromatic carbocycles. The molecule has 0 atom stereocenters. The minimum atomic E-state index is -3.63. The molecule has 0 unspecified atom stereocenters. The number of nitrogens with zero attached hydrogens (tertiary/aromatic N) is 4. The van der Waals surface area contributed by atoms with Crippen molar-refractivity contribution in [2.75, 3.05) is 24.2 Å². The zero-order chi connectivity index (χ0) is 24.2. The highest BCUT2D eigenvalue weighted by molar-refractivity contribution is 7.99. The van der Waals surface area contributed by atoms with Crippen LogP contribution < -0.4 is 5.32 Å². The number of carbonyl (C=O) groups excluding carboxylic acids is 1. The largest absolute Gasteiger partial charge is 0.325 e. The summed E-state index contributed by atoms with van der Waals surface area (Å²) in [4.78, 5) is 12.9. The van der Waals surface area contributed by atoms with Gasteiger partial charge in [0, 0.05) is 18.8 Å². The molecule has 0 aliphatic carbocycles. The number of nitrogens with one attached hydrogen (secondary N) is 1. The number of carbonyl (C=O) groups is 1. The highest BCUT2D eigenvalue weighted by Gasteiger charge is 2.24. The van der Waals surface area contributed by atoms with E-state index in [1.165, 1.54) is 22.1 Å². The lowest BCUT2D eigenvalue weighted by Gasteiger charge is -2.20. The fourth-order valence-corrected chi connectivity index (χ4v) is 6.01. The molecule has 0 radical (unpaired) electrons. The van der Waals surface area contributed by atoms with Crippen LogP contribution in [0, 0.1) is 20.8 Å². The molecule has 1 heterocycles. The number of thioether (sulfide) groups is 1. The first kappa shape index (κ1) is 24.9. The Balaban J connectivity index is 1.75. The molecule has 3 aromatic rings. The molecule has 176 valence electrons. The van der Waals surface area contributed by atoms with E-state index in [4.69, 9.17) is 0 Å². The van der Waals surface area contributed by atoms with Gasteiger partial charge in [0.25, 0.3) is 0 Å². The summed E-state index contributed by atoms with van der Waals surface area (Å²) in [7, 11) is -3.63. The van der Waals surface area contributed by atoms with Crippen LogP contribution in [0.25, 0.3) is 5.69 Å². The summed E-state index contributed by atoms with van der Waals surface area (Å²) < 4.78 is 29.2. The Hall–Kier alpha value is -2.69. The molecule has 0 saturated heterocycles. The van der Waals surface area contributed by atoms with Crippen LogP contribution in [0.5, 0.6) is 0 Å². The number of sulfonamides is 1. The Labute approximate surface area is 199 Å². The second-order valence-corrected chi connectivity index (χ2v) is 10.4. The maximum Gasteiger partial charge on any atom is 0.243 e. The van der Waals surface area contributed by atoms with Crippen LogP contribution in [-0.4, -0.2) is 52.2 Å². The molecule has 10 heteroatoms. The van der Waals surface area contributed by atoms with Crippen molar-refractivity contribution < 1.29 is 13.2 Å². The summed E-state index contributed by atoms with van der Waals surface area (Å²) >= 11 is 1.27. The summed E-state index contributed by atoms with van der Waals surface area (Å²) in [6, 6.07) is 12.8. The second-order valence-electron chi connectivity index (χ2n) is 7.56. The van der Waals surface area contributed by atoms with Crippen molar-refractivity contribution >= 4 is 33.4 Å². The van der Waals surface area contributed by atoms with Crippen LogP contribution in [0.15, 0.2) is 52.5 Å². The first-order valence-electron chi connectivity index (χ1n) is 10.7. The fourth-order valence-electron chi connectivity index (χ4n) is 3.51. The van der Waals surface area contributed by atoms with Crippen molar-refractivity contribution in [3.8, 4) is 5.69 Å². The lowest BCUT2D eigenvalue weighted by Crippen LogP contribution is -2.31. The van der Waals surface area contributed by atoms with Crippen LogP contribution in [0.3, 0.4) is 0 Å². The first-order chi connectivity index (χ1) is 15.7. The topological polar surface area (TPSA) is 97.2 Å². The summed E-state index contributed by atoms with van der Waals surface area (Å²) in [5, 5.41) is 11.8. The maximum atomic E-state index is 13.0. The van der Waals surface area contributed by atoms with E-state index in [9.17, 15) is 13.2 Å². The van der Waals surface area contributed by atoms with Crippen molar-refractivity contribution in [2.45, 2.75) is 44.7 Å². The fraction of sp³-hybridized carbons (Fsp3) is 0.348. The van der Waals surface area contributed by atoms with Crippen molar-refractivity contribution in [2.24, 2.45) is 0 Å². The molecule has 0 aliphatic heterocycles. The van der Waals surface area contributed by atoms with E-state index >= 15 is 0 Å². The number of rotatable bonds is 9. The minimum absolute atomic E-state index is 0.107. The van der Waals surface area contributed by atoms with E-state index in [1.807, 2.05) is 42.7 Å². The molecule has 1 aromatic heterocycles. The number of para-hydroxylation sites is 1. The molecule has 1 N–H and O–H groups in total. The van der Waals surface area contributed by atoms with E-state index in [0.29, 0.717) is 29.5 Å². The van der Waals surface area contributed by atoms with Gasteiger partial charge in [-0.1, -0.05) is 49.9 Å². The Morgan fingerprint density at radius 3 is 2.39 bits per heavy atom. The first-order valence-corrected chi connectivity index (χ1v) is 13.1. The summed E-state index contributed by atoms with van der Waals surface area (Å²) in [5.74, 6) is 0.583. The zero-order valence-corrected chi connectivity index (χ0v) is 21.1. The molecular weight excluding hydrogens is 458 g/mol. The third kappa shape index (κ3) is 5.45. The van der Waals surface area contributed by atoms with E-state index < -0.39 is 10.0 Å². The normalized spacial score (nSPS) is 11.7. The van der Waals surface area contributed by atoms with E-state index in [-0.39, 0.29) is 16.6 Å². The molecule has 0 aliphatic rings. The lowest BCUT2D eigenvalue weighted by molar-refractivity contribution is -0.113. The Bertz CT molecular complexity index is 1250. The molecule has 33 heavy (non-hydrogen) atoms. The molecule has 1 amide bonds. The van der Waals surface area contributed by atoms with Gasteiger partial charge >= 0.3 is 0 Å². The van der Waals surface area contributed by atoms with Crippen LogP contribution in [0.2, 0.25) is 0 Å². The van der Waals surface area contributed by atoms with Crippen LogP contribution >= 0.6 is 11.8 Å². The number of aromatic nitrogens is 3. The zero-order valence-electron chi connectivity index (χ0n) is 19.5. The van der Waals surface area contributed by atoms with Gasteiger partial charge in [0.05, 0.1) is 16.3 Å². The number of hydrogen-bond donors (Lipinski definition) is 1. The number of amides is 1. The molecule has 0 saturated carbocycles. The monoisotopic (exact) mass is 487 g/mol. The summed E-state index contributed by atoms with van der Waals surface area (Å²) in [6.45, 7) is 10.00. The maximum absolute atomic E-state index is 13.0. The predicted molar refractivity (Wildman–Crippen MR) is 131 cm³/mol. The second kappa shape index (κ2) is 10.5. The van der Waals surface area contributed by atoms with Crippen molar-refractivity contribution in [1.82, 2.24) is 19.1 Å². The van der Waals surface area contributed by atoms with Gasteiger partial charge in [-0.25, -0.2) is 8.42 Å². The van der Waals surface area contributed by atoms with Crippen LogP contribution in [0.4, 0.5) is 5.69 Å². The van der Waals surface area contributed by atoms with E-state index in [2.05, 4.69) is 15.5 Å². The number of anilines is 1. The lowest BCUT2D eigenvalue weighted by atomic mass is 10.2. The average molecular weight is 488 g/mol. The molecule has 8 nitrogen and oxygen atoms in total. The third-order valence-electron chi connectivity index (χ3n) is 5.28. The van der Waals surface area contributed by atoms with Crippen LogP contribution in [0.1, 0.15) is 30.8 Å². The number of hydrogen-bond acceptors (Lipinski definition) is 6. The smallest absolute Gasteiger partial charge is 0.243 e. The Morgan fingerprint density at radius 2 is 1.73 bits per heavy atom. The van der Waals surface area contributed by atoms with Gasteiger partial charge in [-0.2, -0.15) is 4.31 Å². The average Bonchev–Trinajstić information content (AvgIpc) is 3.14. The van der Waals surface area contributed by atoms with Crippen molar-refractivity contribution in [3.63, 3.8) is 0 Å². The van der Waals surface area contributed by atoms with Gasteiger partial charge in [0.2, 0.25) is 15.9 Å². The quantitative estimate of drug-likeness (QED) is 0.459. The third-order valence-corrected chi connectivity index (χ3v) is 8.40. The highest BCUT2D eigenvalue weighted by atomic mass is 32.2. The number of benzene rings is 2. The molecular formula is C23H29N5O3S2. The molecule has 0 bridgehead atoms. The summed E-state index contributed by atoms with van der Waals surface area (Å²) in [5.41, 5.74) is 3.12. The van der Waals surface area contributed by atoms with Crippen LogP contribution in [-0.2, 0) is 14.8 Å². The molecule has 0 spiro atoms. The summed E-state index contributed by atoms with van der Waals surface area (Å²) in [6.07, 6.45) is 0. The Morgan fingerprint density at radius 1 is 1.03 bits per heavy atom. The van der Waals surface area contributed by atoms with Gasteiger partial charge in [-0.15, -0.1) is 10.2 Å². The highest BCUT2D eigenvalue weighted by Crippen LogP contribution is 2.26. The molecule has 0 fully saturated rings. The van der Waals surface area contributed by atoms with Gasteiger partial charge in [0.1, 0.15) is 5.82 Å². The van der Waals surface area contributed by atoms with Gasteiger partial charge in [-0.05, 0) is 50.1 Å².